The van der Waals surface area contributed by atoms with Crippen LogP contribution in [0.5, 0.6) is 11.5 Å². The van der Waals surface area contributed by atoms with Crippen LogP contribution >= 0.6 is 11.3 Å². The molecule has 1 atom stereocenters. The summed E-state index contributed by atoms with van der Waals surface area (Å²) in [5.41, 5.74) is 2.67. The second-order valence-electron chi connectivity index (χ2n) is 4.90. The van der Waals surface area contributed by atoms with Gasteiger partial charge in [-0.25, -0.2) is 0 Å². The van der Waals surface area contributed by atoms with Crippen LogP contribution in [0.1, 0.15) is 29.0 Å². The van der Waals surface area contributed by atoms with E-state index in [-0.39, 0.29) is 0 Å². The topological polar surface area (TPSA) is 30.5 Å². The minimum absolute atomic E-state index is 0.332. The first-order valence-corrected chi connectivity index (χ1v) is 8.05. The summed E-state index contributed by atoms with van der Waals surface area (Å²) in [5.74, 6) is 1.55. The van der Waals surface area contributed by atoms with E-state index >= 15 is 0 Å². The molecule has 0 saturated carbocycles. The van der Waals surface area contributed by atoms with Gasteiger partial charge in [-0.1, -0.05) is 13.0 Å². The first kappa shape index (κ1) is 15.9. The van der Waals surface area contributed by atoms with Crippen molar-refractivity contribution in [2.75, 3.05) is 21.3 Å². The zero-order valence-electron chi connectivity index (χ0n) is 13.1. The molecule has 0 aliphatic heterocycles. The van der Waals surface area contributed by atoms with E-state index in [9.17, 15) is 0 Å². The van der Waals surface area contributed by atoms with Gasteiger partial charge in [0.05, 0.1) is 14.2 Å². The lowest BCUT2D eigenvalue weighted by atomic mass is 10.0. The van der Waals surface area contributed by atoms with E-state index < -0.39 is 0 Å². The van der Waals surface area contributed by atoms with Gasteiger partial charge in [-0.3, -0.25) is 0 Å². The van der Waals surface area contributed by atoms with Gasteiger partial charge in [-0.2, -0.15) is 0 Å². The molecule has 1 unspecified atom stereocenters. The third kappa shape index (κ3) is 3.57. The average molecular weight is 305 g/mol. The number of thiophene rings is 1. The molecule has 0 spiro atoms. The van der Waals surface area contributed by atoms with Crippen LogP contribution in [-0.2, 0) is 12.8 Å². The number of nitrogens with one attached hydrogen (secondary N) is 1. The number of ether oxygens (including phenoxy) is 2. The molecule has 0 saturated heterocycles. The van der Waals surface area contributed by atoms with Crippen LogP contribution in [0, 0.1) is 0 Å². The predicted octanol–water partition coefficient (Wildman–Crippen LogP) is 3.83. The quantitative estimate of drug-likeness (QED) is 0.843. The summed E-state index contributed by atoms with van der Waals surface area (Å²) in [7, 11) is 5.35. The maximum Gasteiger partial charge on any atom is 0.160 e. The van der Waals surface area contributed by atoms with Crippen LogP contribution in [-0.4, -0.2) is 21.3 Å². The van der Waals surface area contributed by atoms with E-state index in [2.05, 4.69) is 35.8 Å². The Morgan fingerprint density at radius 3 is 2.52 bits per heavy atom. The largest absolute Gasteiger partial charge is 0.493 e. The summed E-state index contributed by atoms with van der Waals surface area (Å²) in [6.07, 6.45) is 2.01. The molecule has 3 nitrogen and oxygen atoms in total. The standard InChI is InChI=1S/C17H23NO2S/c1-5-13-8-9-21-17(13)14(18-2)10-12-6-7-15(19-3)16(11-12)20-4/h6-9,11,14,18H,5,10H2,1-4H3. The van der Waals surface area contributed by atoms with Crippen molar-refractivity contribution in [1.82, 2.24) is 5.32 Å². The van der Waals surface area contributed by atoms with Gasteiger partial charge >= 0.3 is 0 Å². The maximum atomic E-state index is 5.38. The van der Waals surface area contributed by atoms with Crippen LogP contribution in [0.15, 0.2) is 29.6 Å². The summed E-state index contributed by atoms with van der Waals surface area (Å²) in [6, 6.07) is 8.68. The molecule has 4 heteroatoms. The molecule has 2 aromatic rings. The highest BCUT2D eigenvalue weighted by atomic mass is 32.1. The second kappa shape index (κ2) is 7.48. The minimum atomic E-state index is 0.332. The van der Waals surface area contributed by atoms with Gasteiger partial charge in [-0.15, -0.1) is 11.3 Å². The van der Waals surface area contributed by atoms with Crippen molar-refractivity contribution < 1.29 is 9.47 Å². The van der Waals surface area contributed by atoms with Crippen LogP contribution in [0.4, 0.5) is 0 Å². The smallest absolute Gasteiger partial charge is 0.160 e. The number of benzene rings is 1. The number of hydrogen-bond acceptors (Lipinski definition) is 4. The molecular formula is C17H23NO2S. The van der Waals surface area contributed by atoms with Gasteiger partial charge in [0.25, 0.3) is 0 Å². The molecular weight excluding hydrogens is 282 g/mol. The molecule has 0 amide bonds. The van der Waals surface area contributed by atoms with Crippen molar-refractivity contribution in [1.29, 1.82) is 0 Å². The summed E-state index contributed by atoms with van der Waals surface area (Å²) >= 11 is 1.83. The van der Waals surface area contributed by atoms with Crippen molar-refractivity contribution in [3.8, 4) is 11.5 Å². The molecule has 1 aromatic heterocycles. The Morgan fingerprint density at radius 2 is 1.90 bits per heavy atom. The average Bonchev–Trinajstić information content (AvgIpc) is 3.00. The predicted molar refractivity (Wildman–Crippen MR) is 88.7 cm³/mol. The van der Waals surface area contributed by atoms with Crippen molar-refractivity contribution in [3.63, 3.8) is 0 Å². The third-order valence-corrected chi connectivity index (χ3v) is 4.79. The Hall–Kier alpha value is -1.52. The molecule has 0 bridgehead atoms. The summed E-state index contributed by atoms with van der Waals surface area (Å²) < 4.78 is 10.7. The highest BCUT2D eigenvalue weighted by Crippen LogP contribution is 2.31. The SMILES string of the molecule is CCc1ccsc1C(Cc1ccc(OC)c(OC)c1)NC. The van der Waals surface area contributed by atoms with E-state index in [4.69, 9.17) is 9.47 Å². The third-order valence-electron chi connectivity index (χ3n) is 3.71. The van der Waals surface area contributed by atoms with E-state index in [1.807, 2.05) is 24.5 Å². The zero-order chi connectivity index (χ0) is 15.2. The van der Waals surface area contributed by atoms with Crippen LogP contribution in [0.25, 0.3) is 0 Å². The lowest BCUT2D eigenvalue weighted by molar-refractivity contribution is 0.354. The van der Waals surface area contributed by atoms with Crippen molar-refractivity contribution in [3.05, 3.63) is 45.6 Å². The lowest BCUT2D eigenvalue weighted by Crippen LogP contribution is -2.19. The van der Waals surface area contributed by atoms with Gasteiger partial charge < -0.3 is 14.8 Å². The Labute approximate surface area is 130 Å². The number of aryl methyl sites for hydroxylation is 1. The summed E-state index contributed by atoms with van der Waals surface area (Å²) in [4.78, 5) is 1.43. The van der Waals surface area contributed by atoms with Crippen LogP contribution in [0.2, 0.25) is 0 Å². The molecule has 2 rings (SSSR count). The van der Waals surface area contributed by atoms with Crippen molar-refractivity contribution in [2.45, 2.75) is 25.8 Å². The lowest BCUT2D eigenvalue weighted by Gasteiger charge is -2.18. The zero-order valence-corrected chi connectivity index (χ0v) is 13.9. The normalized spacial score (nSPS) is 12.2. The number of methoxy groups -OCH3 is 2. The van der Waals surface area contributed by atoms with Gasteiger partial charge in [0.2, 0.25) is 0 Å². The van der Waals surface area contributed by atoms with E-state index in [0.29, 0.717) is 6.04 Å². The van der Waals surface area contributed by atoms with Gasteiger partial charge in [0.1, 0.15) is 0 Å². The van der Waals surface area contributed by atoms with E-state index in [1.54, 1.807) is 14.2 Å². The van der Waals surface area contributed by atoms with Crippen LogP contribution < -0.4 is 14.8 Å². The van der Waals surface area contributed by atoms with Gasteiger partial charge in [-0.05, 0) is 54.6 Å². The van der Waals surface area contributed by atoms with E-state index in [1.165, 1.54) is 16.0 Å². The van der Waals surface area contributed by atoms with Crippen molar-refractivity contribution in [2.24, 2.45) is 0 Å². The highest BCUT2D eigenvalue weighted by Gasteiger charge is 2.16. The summed E-state index contributed by atoms with van der Waals surface area (Å²) in [6.45, 7) is 2.20. The van der Waals surface area contributed by atoms with E-state index in [0.717, 1.165) is 24.3 Å². The Bertz CT molecular complexity index is 580. The number of rotatable bonds is 7. The molecule has 0 aliphatic rings. The second-order valence-corrected chi connectivity index (χ2v) is 5.85. The molecule has 21 heavy (non-hydrogen) atoms. The molecule has 0 radical (unpaired) electrons. The number of likely N-dealkylation sites (N-methyl/N-ethyl adjacent to an activating group) is 1. The minimum Gasteiger partial charge on any atom is -0.493 e. The molecule has 114 valence electrons. The first-order chi connectivity index (χ1) is 10.2. The van der Waals surface area contributed by atoms with Gasteiger partial charge in [0, 0.05) is 10.9 Å². The van der Waals surface area contributed by atoms with Crippen molar-refractivity contribution >= 4 is 11.3 Å². The first-order valence-electron chi connectivity index (χ1n) is 7.17. The fourth-order valence-corrected chi connectivity index (χ4v) is 3.62. The van der Waals surface area contributed by atoms with Gasteiger partial charge in [0.15, 0.2) is 11.5 Å². The Kier molecular flexibility index (Phi) is 5.65. The summed E-state index contributed by atoms with van der Waals surface area (Å²) in [5, 5.41) is 5.61. The molecule has 0 aliphatic carbocycles. The molecule has 1 N–H and O–H groups in total. The Balaban J connectivity index is 2.23. The molecule has 1 aromatic carbocycles. The monoisotopic (exact) mass is 305 g/mol. The number of hydrogen-bond donors (Lipinski definition) is 1. The molecule has 0 fully saturated rings. The fourth-order valence-electron chi connectivity index (χ4n) is 2.51. The Morgan fingerprint density at radius 1 is 1.14 bits per heavy atom. The van der Waals surface area contributed by atoms with Crippen LogP contribution in [0.3, 0.4) is 0 Å². The molecule has 1 heterocycles. The fraction of sp³-hybridized carbons (Fsp3) is 0.412. The highest BCUT2D eigenvalue weighted by molar-refractivity contribution is 7.10. The maximum absolute atomic E-state index is 5.38.